The number of hydrogen-bond donors (Lipinski definition) is 0. The third kappa shape index (κ3) is 4.81. The second-order valence-electron chi connectivity index (χ2n) is 7.38. The molecule has 4 aromatic rings. The number of para-hydroxylation sites is 1. The molecule has 0 bridgehead atoms. The van der Waals surface area contributed by atoms with E-state index in [2.05, 4.69) is 4.98 Å². The monoisotopic (exact) mass is 492 g/mol. The maximum Gasteiger partial charge on any atom is 0.266 e. The summed E-state index contributed by atoms with van der Waals surface area (Å²) >= 11 is 1.18. The number of thioether (sulfide) groups is 1. The van der Waals surface area contributed by atoms with Gasteiger partial charge in [0.15, 0.2) is 22.4 Å². The largest absolute Gasteiger partial charge is 0.497 e. The Morgan fingerprint density at radius 2 is 1.54 bits per heavy atom. The third-order valence-electron chi connectivity index (χ3n) is 5.39. The van der Waals surface area contributed by atoms with Gasteiger partial charge in [0.25, 0.3) is 5.56 Å². The van der Waals surface area contributed by atoms with Gasteiger partial charge in [-0.15, -0.1) is 0 Å². The Bertz CT molecular complexity index is 1410. The number of benzene rings is 3. The first-order valence-electron chi connectivity index (χ1n) is 10.6. The van der Waals surface area contributed by atoms with E-state index in [4.69, 9.17) is 18.9 Å². The number of ketones is 1. The van der Waals surface area contributed by atoms with Crippen molar-refractivity contribution in [3.8, 4) is 28.7 Å². The van der Waals surface area contributed by atoms with Crippen molar-refractivity contribution in [1.82, 2.24) is 9.55 Å². The highest BCUT2D eigenvalue weighted by Crippen LogP contribution is 2.38. The number of fused-ring (bicyclic) bond motifs is 1. The summed E-state index contributed by atoms with van der Waals surface area (Å²) in [6, 6.07) is 17.4. The Hall–Kier alpha value is -3.98. The van der Waals surface area contributed by atoms with Gasteiger partial charge in [-0.2, -0.15) is 0 Å². The minimum Gasteiger partial charge on any atom is -0.497 e. The zero-order chi connectivity index (χ0) is 24.9. The van der Waals surface area contributed by atoms with Crippen LogP contribution in [0.15, 0.2) is 70.6 Å². The van der Waals surface area contributed by atoms with Gasteiger partial charge in [0.2, 0.25) is 5.75 Å². The van der Waals surface area contributed by atoms with E-state index < -0.39 is 0 Å². The topological polar surface area (TPSA) is 88.9 Å². The highest BCUT2D eigenvalue weighted by Gasteiger charge is 2.19. The molecule has 1 aromatic heterocycles. The fraction of sp³-hybridized carbons (Fsp3) is 0.192. The van der Waals surface area contributed by atoms with E-state index in [1.807, 2.05) is 6.07 Å². The van der Waals surface area contributed by atoms with E-state index in [1.54, 1.807) is 61.7 Å². The van der Waals surface area contributed by atoms with Crippen LogP contribution in [0.4, 0.5) is 0 Å². The fourth-order valence-corrected chi connectivity index (χ4v) is 4.53. The minimum absolute atomic E-state index is 0.0412. The van der Waals surface area contributed by atoms with Crippen molar-refractivity contribution in [2.45, 2.75) is 5.16 Å². The molecule has 0 aliphatic carbocycles. The molecule has 0 atom stereocenters. The molecule has 1 heterocycles. The Morgan fingerprint density at radius 1 is 0.886 bits per heavy atom. The summed E-state index contributed by atoms with van der Waals surface area (Å²) in [5.74, 6) is 1.71. The first kappa shape index (κ1) is 24.2. The van der Waals surface area contributed by atoms with Gasteiger partial charge in [-0.05, 0) is 48.5 Å². The summed E-state index contributed by atoms with van der Waals surface area (Å²) in [7, 11) is 6.07. The molecule has 0 fully saturated rings. The van der Waals surface area contributed by atoms with E-state index in [0.29, 0.717) is 50.3 Å². The van der Waals surface area contributed by atoms with Crippen molar-refractivity contribution in [2.24, 2.45) is 0 Å². The normalized spacial score (nSPS) is 10.7. The molecular formula is C26H24N2O6S. The van der Waals surface area contributed by atoms with Crippen LogP contribution in [-0.4, -0.2) is 49.5 Å². The molecule has 8 nitrogen and oxygen atoms in total. The molecule has 35 heavy (non-hydrogen) atoms. The van der Waals surface area contributed by atoms with Crippen molar-refractivity contribution >= 4 is 28.4 Å². The van der Waals surface area contributed by atoms with Crippen LogP contribution in [0.3, 0.4) is 0 Å². The second-order valence-corrected chi connectivity index (χ2v) is 8.32. The lowest BCUT2D eigenvalue weighted by Gasteiger charge is -2.15. The fourth-order valence-electron chi connectivity index (χ4n) is 3.62. The molecule has 0 aliphatic heterocycles. The van der Waals surface area contributed by atoms with Crippen molar-refractivity contribution in [1.29, 1.82) is 0 Å². The average Bonchev–Trinajstić information content (AvgIpc) is 2.91. The van der Waals surface area contributed by atoms with E-state index in [-0.39, 0.29) is 17.1 Å². The SMILES string of the molecule is COc1ccc(-n2c(SCC(=O)c3cc(OC)c(OC)c(OC)c3)nc3ccccc3c2=O)cc1. The summed E-state index contributed by atoms with van der Waals surface area (Å²) in [4.78, 5) is 31.2. The quantitative estimate of drug-likeness (QED) is 0.193. The molecule has 0 radical (unpaired) electrons. The first-order valence-corrected chi connectivity index (χ1v) is 11.6. The molecule has 0 aliphatic rings. The van der Waals surface area contributed by atoms with Crippen molar-refractivity contribution < 1.29 is 23.7 Å². The maximum absolute atomic E-state index is 13.4. The van der Waals surface area contributed by atoms with Gasteiger partial charge >= 0.3 is 0 Å². The number of ether oxygens (including phenoxy) is 4. The van der Waals surface area contributed by atoms with E-state index in [1.165, 1.54) is 37.7 Å². The maximum atomic E-state index is 13.4. The summed E-state index contributed by atoms with van der Waals surface area (Å²) in [5.41, 5.74) is 1.36. The van der Waals surface area contributed by atoms with Crippen LogP contribution in [0.25, 0.3) is 16.6 Å². The van der Waals surface area contributed by atoms with E-state index in [0.717, 1.165) is 0 Å². The summed E-state index contributed by atoms with van der Waals surface area (Å²) < 4.78 is 22.8. The van der Waals surface area contributed by atoms with Crippen molar-refractivity contribution in [2.75, 3.05) is 34.2 Å². The van der Waals surface area contributed by atoms with Crippen LogP contribution in [0.2, 0.25) is 0 Å². The van der Waals surface area contributed by atoms with Gasteiger partial charge < -0.3 is 18.9 Å². The lowest BCUT2D eigenvalue weighted by Crippen LogP contribution is -2.22. The molecule has 0 saturated carbocycles. The third-order valence-corrected chi connectivity index (χ3v) is 6.33. The van der Waals surface area contributed by atoms with Crippen LogP contribution in [0.5, 0.6) is 23.0 Å². The molecule has 3 aromatic carbocycles. The number of hydrogen-bond acceptors (Lipinski definition) is 8. The highest BCUT2D eigenvalue weighted by molar-refractivity contribution is 7.99. The van der Waals surface area contributed by atoms with Gasteiger partial charge in [-0.3, -0.25) is 14.2 Å². The van der Waals surface area contributed by atoms with Gasteiger partial charge in [-0.1, -0.05) is 23.9 Å². The number of nitrogens with zero attached hydrogens (tertiary/aromatic N) is 2. The lowest BCUT2D eigenvalue weighted by atomic mass is 10.1. The van der Waals surface area contributed by atoms with Crippen LogP contribution in [-0.2, 0) is 0 Å². The van der Waals surface area contributed by atoms with E-state index in [9.17, 15) is 9.59 Å². The highest BCUT2D eigenvalue weighted by atomic mass is 32.2. The molecule has 0 spiro atoms. The van der Waals surface area contributed by atoms with Gasteiger partial charge in [0.1, 0.15) is 5.75 Å². The molecule has 0 amide bonds. The molecular weight excluding hydrogens is 468 g/mol. The van der Waals surface area contributed by atoms with Gasteiger partial charge in [-0.25, -0.2) is 4.98 Å². The van der Waals surface area contributed by atoms with Gasteiger partial charge in [0.05, 0.1) is 50.8 Å². The number of carbonyl (C=O) groups is 1. The Balaban J connectivity index is 1.72. The summed E-state index contributed by atoms with van der Waals surface area (Å²) in [5, 5.41) is 0.892. The predicted octanol–water partition coefficient (Wildman–Crippen LogP) is 4.40. The van der Waals surface area contributed by atoms with Gasteiger partial charge in [0, 0.05) is 5.56 Å². The number of rotatable bonds is 9. The smallest absolute Gasteiger partial charge is 0.266 e. The predicted molar refractivity (Wildman–Crippen MR) is 135 cm³/mol. The molecule has 180 valence electrons. The Kier molecular flexibility index (Phi) is 7.26. The Morgan fingerprint density at radius 3 is 2.14 bits per heavy atom. The minimum atomic E-state index is -0.219. The number of methoxy groups -OCH3 is 4. The average molecular weight is 493 g/mol. The van der Waals surface area contributed by atoms with Crippen molar-refractivity contribution in [3.05, 3.63) is 76.6 Å². The van der Waals surface area contributed by atoms with Crippen LogP contribution < -0.4 is 24.5 Å². The second kappa shape index (κ2) is 10.5. The summed E-state index contributed by atoms with van der Waals surface area (Å²) in [6.45, 7) is 0. The molecule has 0 N–H and O–H groups in total. The number of aromatic nitrogens is 2. The zero-order valence-electron chi connectivity index (χ0n) is 19.7. The van der Waals surface area contributed by atoms with Crippen molar-refractivity contribution in [3.63, 3.8) is 0 Å². The van der Waals surface area contributed by atoms with Crippen LogP contribution in [0.1, 0.15) is 10.4 Å². The molecule has 4 rings (SSSR count). The van der Waals surface area contributed by atoms with Crippen LogP contribution >= 0.6 is 11.8 Å². The molecule has 0 unspecified atom stereocenters. The van der Waals surface area contributed by atoms with Crippen LogP contribution in [0, 0.1) is 0 Å². The number of carbonyl (C=O) groups excluding carboxylic acids is 1. The molecule has 9 heteroatoms. The number of Topliss-reactive ketones (excluding diaryl/α,β-unsaturated/α-hetero) is 1. The van der Waals surface area contributed by atoms with E-state index >= 15 is 0 Å². The zero-order valence-corrected chi connectivity index (χ0v) is 20.5. The molecule has 0 saturated heterocycles. The standard InChI is InChI=1S/C26H24N2O6S/c1-31-18-11-9-17(10-12-18)28-25(30)19-7-5-6-8-20(19)27-26(28)35-15-21(29)16-13-22(32-2)24(34-4)23(14-16)33-3/h5-14H,15H2,1-4H3. The first-order chi connectivity index (χ1) is 17.0. The summed E-state index contributed by atoms with van der Waals surface area (Å²) in [6.07, 6.45) is 0. The Labute approximate surface area is 206 Å². The lowest BCUT2D eigenvalue weighted by molar-refractivity contribution is 0.102.